The smallest absolute Gasteiger partial charge is 0.229 e. The summed E-state index contributed by atoms with van der Waals surface area (Å²) in [5.74, 6) is 1.62. The number of rotatable bonds is 4. The van der Waals surface area contributed by atoms with Crippen molar-refractivity contribution in [3.8, 4) is 0 Å². The third kappa shape index (κ3) is 2.64. The molecule has 0 spiro atoms. The molecule has 2 aromatic heterocycles. The van der Waals surface area contributed by atoms with Crippen LogP contribution in [-0.2, 0) is 6.54 Å². The van der Waals surface area contributed by atoms with E-state index in [2.05, 4.69) is 37.5 Å². The van der Waals surface area contributed by atoms with Crippen molar-refractivity contribution in [3.05, 3.63) is 24.7 Å². The molecule has 2 aromatic rings. The fraction of sp³-hybridized carbons (Fsp3) is 0.533. The van der Waals surface area contributed by atoms with E-state index in [0.717, 1.165) is 31.1 Å². The van der Waals surface area contributed by atoms with E-state index in [1.807, 2.05) is 23.1 Å². The van der Waals surface area contributed by atoms with Crippen molar-refractivity contribution in [2.45, 2.75) is 38.4 Å². The third-order valence-electron chi connectivity index (χ3n) is 4.39. The number of anilines is 3. The molecule has 4 rings (SSSR count). The molecule has 0 aromatic carbocycles. The van der Waals surface area contributed by atoms with Gasteiger partial charge in [-0.3, -0.25) is 4.68 Å². The summed E-state index contributed by atoms with van der Waals surface area (Å²) < 4.78 is 1.88. The molecule has 22 heavy (non-hydrogen) atoms. The molecular weight excluding hydrogens is 278 g/mol. The van der Waals surface area contributed by atoms with Gasteiger partial charge in [0.15, 0.2) is 0 Å². The lowest BCUT2D eigenvalue weighted by Gasteiger charge is -2.33. The number of aromatic nitrogens is 4. The Kier molecular flexibility index (Phi) is 3.42. The Morgan fingerprint density at radius 2 is 2.14 bits per heavy atom. The first-order valence-corrected chi connectivity index (χ1v) is 7.93. The normalized spacial score (nSPS) is 23.8. The van der Waals surface area contributed by atoms with Crippen molar-refractivity contribution < 1.29 is 0 Å². The number of hydrogen-bond donors (Lipinski definition) is 2. The van der Waals surface area contributed by atoms with Crippen LogP contribution in [0.1, 0.15) is 19.8 Å². The first-order valence-electron chi connectivity index (χ1n) is 7.93. The van der Waals surface area contributed by atoms with E-state index >= 15 is 0 Å². The van der Waals surface area contributed by atoms with Gasteiger partial charge in [-0.2, -0.15) is 10.1 Å². The molecule has 0 amide bonds. The highest BCUT2D eigenvalue weighted by Crippen LogP contribution is 2.24. The maximum atomic E-state index is 4.66. The quantitative estimate of drug-likeness (QED) is 0.889. The molecule has 2 saturated heterocycles. The molecule has 7 heteroatoms. The van der Waals surface area contributed by atoms with Crippen molar-refractivity contribution >= 4 is 17.5 Å². The van der Waals surface area contributed by atoms with E-state index < -0.39 is 0 Å². The van der Waals surface area contributed by atoms with Crippen LogP contribution in [0, 0.1) is 0 Å². The van der Waals surface area contributed by atoms with Gasteiger partial charge in [0, 0.05) is 44.1 Å². The minimum Gasteiger partial charge on any atom is -0.353 e. The fourth-order valence-electron chi connectivity index (χ4n) is 3.30. The van der Waals surface area contributed by atoms with E-state index in [9.17, 15) is 0 Å². The van der Waals surface area contributed by atoms with Crippen LogP contribution in [0.4, 0.5) is 17.5 Å². The highest BCUT2D eigenvalue weighted by atomic mass is 15.3. The Hall–Kier alpha value is -2.15. The molecule has 2 unspecified atom stereocenters. The Balaban J connectivity index is 1.50. The number of hydrogen-bond acceptors (Lipinski definition) is 6. The van der Waals surface area contributed by atoms with Gasteiger partial charge < -0.3 is 15.5 Å². The van der Waals surface area contributed by atoms with Crippen LogP contribution in [0.2, 0.25) is 0 Å². The van der Waals surface area contributed by atoms with Crippen LogP contribution in [-0.4, -0.2) is 44.9 Å². The summed E-state index contributed by atoms with van der Waals surface area (Å²) in [6.45, 7) is 4.97. The summed E-state index contributed by atoms with van der Waals surface area (Å²) in [6, 6.07) is 3.20. The lowest BCUT2D eigenvalue weighted by molar-refractivity contribution is 0.463. The average molecular weight is 299 g/mol. The standard InChI is InChI=1S/C15H21N7/c1-2-22-10-13(7-17-22)19-15-16-6-5-14(20-15)21-8-11-3-4-12(9-21)18-11/h5-7,10-12,18H,2-4,8-9H2,1H3,(H,16,19,20). The van der Waals surface area contributed by atoms with Gasteiger partial charge in [0.2, 0.25) is 5.95 Å². The highest BCUT2D eigenvalue weighted by molar-refractivity contribution is 5.53. The van der Waals surface area contributed by atoms with Crippen molar-refractivity contribution in [2.24, 2.45) is 0 Å². The maximum Gasteiger partial charge on any atom is 0.229 e. The summed E-state index contributed by atoms with van der Waals surface area (Å²) in [5, 5.41) is 11.1. The third-order valence-corrected chi connectivity index (χ3v) is 4.39. The van der Waals surface area contributed by atoms with E-state index in [4.69, 9.17) is 0 Å². The van der Waals surface area contributed by atoms with Crippen LogP contribution in [0.15, 0.2) is 24.7 Å². The summed E-state index contributed by atoms with van der Waals surface area (Å²) in [5.41, 5.74) is 0.916. The number of nitrogens with one attached hydrogen (secondary N) is 2. The minimum absolute atomic E-state index is 0.605. The zero-order valence-electron chi connectivity index (χ0n) is 12.7. The number of piperazine rings is 1. The summed E-state index contributed by atoms with van der Waals surface area (Å²) in [6.07, 6.45) is 8.12. The Morgan fingerprint density at radius 3 is 2.86 bits per heavy atom. The Labute approximate surface area is 129 Å². The molecule has 2 N–H and O–H groups in total. The maximum absolute atomic E-state index is 4.66. The number of fused-ring (bicyclic) bond motifs is 2. The largest absolute Gasteiger partial charge is 0.353 e. The van der Waals surface area contributed by atoms with E-state index in [1.165, 1.54) is 12.8 Å². The van der Waals surface area contributed by atoms with Crippen LogP contribution in [0.5, 0.6) is 0 Å². The van der Waals surface area contributed by atoms with Gasteiger partial charge in [-0.15, -0.1) is 0 Å². The molecule has 7 nitrogen and oxygen atoms in total. The van der Waals surface area contributed by atoms with E-state index in [1.54, 1.807) is 6.20 Å². The molecule has 2 aliphatic rings. The van der Waals surface area contributed by atoms with Gasteiger partial charge in [0.25, 0.3) is 0 Å². The summed E-state index contributed by atoms with van der Waals surface area (Å²) in [7, 11) is 0. The van der Waals surface area contributed by atoms with Crippen molar-refractivity contribution in [3.63, 3.8) is 0 Å². The Morgan fingerprint density at radius 1 is 1.32 bits per heavy atom. The molecular formula is C15H21N7. The molecule has 2 atom stereocenters. The first-order chi connectivity index (χ1) is 10.8. The fourth-order valence-corrected chi connectivity index (χ4v) is 3.30. The van der Waals surface area contributed by atoms with Crippen LogP contribution >= 0.6 is 0 Å². The van der Waals surface area contributed by atoms with Gasteiger partial charge in [0.05, 0.1) is 11.9 Å². The molecule has 2 aliphatic heterocycles. The molecule has 4 heterocycles. The SMILES string of the molecule is CCn1cc(Nc2nccc(N3CC4CCC(C3)N4)n2)cn1. The minimum atomic E-state index is 0.605. The lowest BCUT2D eigenvalue weighted by atomic mass is 10.2. The Bertz CT molecular complexity index is 641. The van der Waals surface area contributed by atoms with Crippen LogP contribution < -0.4 is 15.5 Å². The monoisotopic (exact) mass is 299 g/mol. The van der Waals surface area contributed by atoms with Gasteiger partial charge in [0.1, 0.15) is 5.82 Å². The predicted octanol–water partition coefficient (Wildman–Crippen LogP) is 1.38. The molecule has 0 saturated carbocycles. The van der Waals surface area contributed by atoms with Gasteiger partial charge in [-0.05, 0) is 25.8 Å². The second-order valence-electron chi connectivity index (χ2n) is 5.99. The molecule has 0 radical (unpaired) electrons. The topological polar surface area (TPSA) is 70.9 Å². The molecule has 2 fully saturated rings. The van der Waals surface area contributed by atoms with Gasteiger partial charge in [-0.1, -0.05) is 0 Å². The second-order valence-corrected chi connectivity index (χ2v) is 5.99. The van der Waals surface area contributed by atoms with Gasteiger partial charge in [-0.25, -0.2) is 4.98 Å². The molecule has 0 aliphatic carbocycles. The zero-order chi connectivity index (χ0) is 14.9. The highest BCUT2D eigenvalue weighted by Gasteiger charge is 2.32. The van der Waals surface area contributed by atoms with Gasteiger partial charge >= 0.3 is 0 Å². The van der Waals surface area contributed by atoms with Crippen LogP contribution in [0.3, 0.4) is 0 Å². The van der Waals surface area contributed by atoms with E-state index in [-0.39, 0.29) is 0 Å². The van der Waals surface area contributed by atoms with E-state index in [0.29, 0.717) is 18.0 Å². The summed E-state index contributed by atoms with van der Waals surface area (Å²) >= 11 is 0. The summed E-state index contributed by atoms with van der Waals surface area (Å²) in [4.78, 5) is 11.3. The molecule has 116 valence electrons. The first kappa shape index (κ1) is 13.5. The zero-order valence-corrected chi connectivity index (χ0v) is 12.7. The van der Waals surface area contributed by atoms with Crippen LogP contribution in [0.25, 0.3) is 0 Å². The van der Waals surface area contributed by atoms with Crippen molar-refractivity contribution in [1.29, 1.82) is 0 Å². The number of nitrogens with zero attached hydrogens (tertiary/aromatic N) is 5. The van der Waals surface area contributed by atoms with Crippen molar-refractivity contribution in [1.82, 2.24) is 25.1 Å². The van der Waals surface area contributed by atoms with Crippen molar-refractivity contribution in [2.75, 3.05) is 23.3 Å². The second kappa shape index (κ2) is 5.57. The number of aryl methyl sites for hydroxylation is 1. The average Bonchev–Trinajstić information content (AvgIpc) is 3.13. The molecule has 2 bridgehead atoms. The lowest BCUT2D eigenvalue weighted by Crippen LogP contribution is -2.51. The predicted molar refractivity (Wildman–Crippen MR) is 85.4 cm³/mol.